The Morgan fingerprint density at radius 2 is 2.11 bits per heavy atom. The summed E-state index contributed by atoms with van der Waals surface area (Å²) in [5.74, 6) is 0. The lowest BCUT2D eigenvalue weighted by atomic mass is 9.78. The van der Waals surface area contributed by atoms with E-state index in [2.05, 4.69) is 20.5 Å². The summed E-state index contributed by atoms with van der Waals surface area (Å²) in [7, 11) is 1.97. The van der Waals surface area contributed by atoms with Gasteiger partial charge in [-0.15, -0.1) is 17.5 Å². The fourth-order valence-electron chi connectivity index (χ4n) is 3.21. The second kappa shape index (κ2) is 5.55. The Morgan fingerprint density at radius 3 is 2.78 bits per heavy atom. The molecule has 5 nitrogen and oxygen atoms in total. The van der Waals surface area contributed by atoms with Crippen molar-refractivity contribution in [3.8, 4) is 0 Å². The highest BCUT2D eigenvalue weighted by atomic mass is 35.5. The Labute approximate surface area is 114 Å². The number of hydrogen-bond donors (Lipinski definition) is 1. The van der Waals surface area contributed by atoms with Crippen molar-refractivity contribution in [1.29, 1.82) is 0 Å². The van der Waals surface area contributed by atoms with Crippen LogP contribution in [-0.4, -0.2) is 46.1 Å². The molecule has 0 radical (unpaired) electrons. The van der Waals surface area contributed by atoms with Crippen LogP contribution in [0.5, 0.6) is 0 Å². The molecule has 2 fully saturated rings. The zero-order valence-electron chi connectivity index (χ0n) is 10.9. The van der Waals surface area contributed by atoms with Crippen molar-refractivity contribution in [3.63, 3.8) is 0 Å². The fraction of sp³-hybridized carbons (Fsp3) is 0.833. The van der Waals surface area contributed by atoms with Gasteiger partial charge in [0.05, 0.1) is 11.9 Å². The van der Waals surface area contributed by atoms with Crippen molar-refractivity contribution in [2.45, 2.75) is 25.8 Å². The van der Waals surface area contributed by atoms with Crippen LogP contribution < -0.4 is 5.32 Å². The number of hydrogen-bond acceptors (Lipinski definition) is 4. The molecule has 1 aromatic rings. The normalized spacial score (nSPS) is 23.2. The molecular weight excluding hydrogens is 250 g/mol. The minimum atomic E-state index is 0. The number of aryl methyl sites for hydroxylation is 1. The summed E-state index contributed by atoms with van der Waals surface area (Å²) in [4.78, 5) is 2.56. The second-order valence-electron chi connectivity index (χ2n) is 5.56. The van der Waals surface area contributed by atoms with E-state index < -0.39 is 0 Å². The van der Waals surface area contributed by atoms with E-state index >= 15 is 0 Å². The molecule has 0 unspecified atom stereocenters. The van der Waals surface area contributed by atoms with E-state index in [1.165, 1.54) is 51.1 Å². The van der Waals surface area contributed by atoms with Gasteiger partial charge in [0.2, 0.25) is 0 Å². The number of piperidine rings is 1. The number of likely N-dealkylation sites (tertiary alicyclic amines) is 1. The number of rotatable bonds is 2. The Morgan fingerprint density at radius 1 is 1.33 bits per heavy atom. The highest BCUT2D eigenvalue weighted by molar-refractivity contribution is 5.85. The number of nitrogens with one attached hydrogen (secondary N) is 1. The Bertz CT molecular complexity index is 386. The van der Waals surface area contributed by atoms with Crippen molar-refractivity contribution >= 4 is 12.4 Å². The van der Waals surface area contributed by atoms with Gasteiger partial charge in [-0.2, -0.15) is 0 Å². The van der Waals surface area contributed by atoms with Gasteiger partial charge in [-0.05, 0) is 44.3 Å². The average molecular weight is 272 g/mol. The SMILES string of the molecule is Cl.Cn1nncc1CN1CCC2(CCNCC2)C1. The van der Waals surface area contributed by atoms with Gasteiger partial charge in [0.25, 0.3) is 0 Å². The quantitative estimate of drug-likeness (QED) is 0.865. The summed E-state index contributed by atoms with van der Waals surface area (Å²) in [6.07, 6.45) is 5.92. The van der Waals surface area contributed by atoms with Gasteiger partial charge in [-0.3, -0.25) is 9.58 Å². The summed E-state index contributed by atoms with van der Waals surface area (Å²) in [6.45, 7) is 5.87. The van der Waals surface area contributed by atoms with Gasteiger partial charge < -0.3 is 5.32 Å². The number of aromatic nitrogens is 3. The van der Waals surface area contributed by atoms with Gasteiger partial charge >= 0.3 is 0 Å². The highest BCUT2D eigenvalue weighted by Gasteiger charge is 2.38. The molecule has 6 heteroatoms. The molecule has 0 aliphatic carbocycles. The van der Waals surface area contributed by atoms with Crippen molar-refractivity contribution < 1.29 is 0 Å². The van der Waals surface area contributed by atoms with E-state index in [0.29, 0.717) is 5.41 Å². The number of nitrogens with zero attached hydrogens (tertiary/aromatic N) is 4. The predicted octanol–water partition coefficient (Wildman–Crippen LogP) is 0.812. The third-order valence-corrected chi connectivity index (χ3v) is 4.38. The molecule has 1 aromatic heterocycles. The molecule has 0 atom stereocenters. The summed E-state index contributed by atoms with van der Waals surface area (Å²) in [6, 6.07) is 0. The minimum absolute atomic E-state index is 0. The third kappa shape index (κ3) is 2.68. The van der Waals surface area contributed by atoms with Crippen molar-refractivity contribution in [1.82, 2.24) is 25.2 Å². The van der Waals surface area contributed by atoms with E-state index in [-0.39, 0.29) is 12.4 Å². The van der Waals surface area contributed by atoms with Crippen molar-refractivity contribution in [2.75, 3.05) is 26.2 Å². The molecule has 0 bridgehead atoms. The molecule has 3 rings (SSSR count). The summed E-state index contributed by atoms with van der Waals surface area (Å²) in [5.41, 5.74) is 1.81. The summed E-state index contributed by atoms with van der Waals surface area (Å²) >= 11 is 0. The van der Waals surface area contributed by atoms with Crippen LogP contribution in [0.25, 0.3) is 0 Å². The predicted molar refractivity (Wildman–Crippen MR) is 72.7 cm³/mol. The van der Waals surface area contributed by atoms with Crippen LogP contribution in [0.4, 0.5) is 0 Å². The molecule has 18 heavy (non-hydrogen) atoms. The topological polar surface area (TPSA) is 46.0 Å². The minimum Gasteiger partial charge on any atom is -0.317 e. The van der Waals surface area contributed by atoms with Crippen LogP contribution in [-0.2, 0) is 13.6 Å². The standard InChI is InChI=1S/C12H21N5.ClH/c1-16-11(8-14-15-16)9-17-7-4-12(10-17)2-5-13-6-3-12;/h8,13H,2-7,9-10H2,1H3;1H. The lowest BCUT2D eigenvalue weighted by molar-refractivity contribution is 0.192. The molecule has 102 valence electrons. The zero-order chi connectivity index (χ0) is 11.7. The first-order chi connectivity index (χ1) is 8.27. The Hall–Kier alpha value is -0.650. The van der Waals surface area contributed by atoms with Crippen LogP contribution in [0.15, 0.2) is 6.20 Å². The smallest absolute Gasteiger partial charge is 0.0738 e. The van der Waals surface area contributed by atoms with Crippen LogP contribution in [0, 0.1) is 5.41 Å². The Balaban J connectivity index is 0.00000120. The van der Waals surface area contributed by atoms with Gasteiger partial charge in [0, 0.05) is 20.1 Å². The maximum Gasteiger partial charge on any atom is 0.0738 e. The maximum atomic E-state index is 3.99. The lowest BCUT2D eigenvalue weighted by Crippen LogP contribution is -2.38. The molecular formula is C12H22ClN5. The molecule has 2 aliphatic heterocycles. The zero-order valence-corrected chi connectivity index (χ0v) is 11.7. The van der Waals surface area contributed by atoms with Crippen molar-refractivity contribution in [2.24, 2.45) is 12.5 Å². The van der Waals surface area contributed by atoms with Crippen LogP contribution in [0.1, 0.15) is 25.0 Å². The molecule has 2 saturated heterocycles. The van der Waals surface area contributed by atoms with E-state index in [0.717, 1.165) is 6.54 Å². The first kappa shape index (κ1) is 13.8. The monoisotopic (exact) mass is 271 g/mol. The van der Waals surface area contributed by atoms with E-state index in [1.807, 2.05) is 17.9 Å². The van der Waals surface area contributed by atoms with E-state index in [9.17, 15) is 0 Å². The second-order valence-corrected chi connectivity index (χ2v) is 5.56. The first-order valence-corrected chi connectivity index (χ1v) is 6.54. The molecule has 0 saturated carbocycles. The molecule has 2 aliphatic rings. The van der Waals surface area contributed by atoms with Gasteiger partial charge in [0.15, 0.2) is 0 Å². The Kier molecular flexibility index (Phi) is 4.25. The van der Waals surface area contributed by atoms with Gasteiger partial charge in [0.1, 0.15) is 0 Å². The summed E-state index contributed by atoms with van der Waals surface area (Å²) < 4.78 is 1.88. The fourth-order valence-corrected chi connectivity index (χ4v) is 3.21. The molecule has 1 N–H and O–H groups in total. The molecule has 0 amide bonds. The average Bonchev–Trinajstić information content (AvgIpc) is 2.90. The maximum absolute atomic E-state index is 3.99. The number of halogens is 1. The summed E-state index contributed by atoms with van der Waals surface area (Å²) in [5, 5.41) is 11.4. The van der Waals surface area contributed by atoms with Crippen LogP contribution in [0.3, 0.4) is 0 Å². The van der Waals surface area contributed by atoms with Gasteiger partial charge in [-0.1, -0.05) is 5.21 Å². The molecule has 3 heterocycles. The van der Waals surface area contributed by atoms with Crippen LogP contribution >= 0.6 is 12.4 Å². The lowest BCUT2D eigenvalue weighted by Gasteiger charge is -2.33. The highest BCUT2D eigenvalue weighted by Crippen LogP contribution is 2.38. The van der Waals surface area contributed by atoms with E-state index in [1.54, 1.807) is 0 Å². The third-order valence-electron chi connectivity index (χ3n) is 4.38. The molecule has 1 spiro atoms. The van der Waals surface area contributed by atoms with Crippen LogP contribution in [0.2, 0.25) is 0 Å². The largest absolute Gasteiger partial charge is 0.317 e. The van der Waals surface area contributed by atoms with Gasteiger partial charge in [-0.25, -0.2) is 0 Å². The molecule has 0 aromatic carbocycles. The van der Waals surface area contributed by atoms with Crippen molar-refractivity contribution in [3.05, 3.63) is 11.9 Å². The van der Waals surface area contributed by atoms with E-state index in [4.69, 9.17) is 0 Å². The first-order valence-electron chi connectivity index (χ1n) is 6.54.